The Hall–Kier alpha value is -2.16. The zero-order chi connectivity index (χ0) is 22.6. The Morgan fingerprint density at radius 3 is 2.48 bits per heavy atom. The van der Waals surface area contributed by atoms with Crippen molar-refractivity contribution < 1.29 is 17.9 Å². The molecule has 0 bridgehead atoms. The molecule has 1 amide bonds. The van der Waals surface area contributed by atoms with E-state index in [1.54, 1.807) is 25.1 Å². The van der Waals surface area contributed by atoms with E-state index in [2.05, 4.69) is 15.3 Å². The second-order valence-corrected chi connectivity index (χ2v) is 10.4. The smallest absolute Gasteiger partial charge is 0.258 e. The summed E-state index contributed by atoms with van der Waals surface area (Å²) in [7, 11) is -3.30. The second kappa shape index (κ2) is 9.97. The lowest BCUT2D eigenvalue weighted by atomic mass is 10.1. The minimum Gasteiger partial charge on any atom is -0.438 e. The van der Waals surface area contributed by atoms with Gasteiger partial charge in [0.15, 0.2) is 9.84 Å². The number of carbonyl (C=O) groups is 1. The molecule has 166 valence electrons. The fraction of sp³-hybridized carbons (Fsp3) is 0.381. The van der Waals surface area contributed by atoms with E-state index in [9.17, 15) is 13.2 Å². The summed E-state index contributed by atoms with van der Waals surface area (Å²) >= 11 is 12.1. The third-order valence-electron chi connectivity index (χ3n) is 4.76. The summed E-state index contributed by atoms with van der Waals surface area (Å²) in [6, 6.07) is 4.18. The zero-order valence-electron chi connectivity index (χ0n) is 17.1. The molecule has 1 atom stereocenters. The summed E-state index contributed by atoms with van der Waals surface area (Å²) in [6.45, 7) is 1.66. The molecule has 1 aliphatic carbocycles. The van der Waals surface area contributed by atoms with E-state index in [0.717, 1.165) is 37.3 Å². The van der Waals surface area contributed by atoms with Crippen LogP contribution in [0.1, 0.15) is 54.7 Å². The molecule has 1 fully saturated rings. The van der Waals surface area contributed by atoms with E-state index in [1.165, 1.54) is 12.3 Å². The number of aromatic nitrogens is 2. The molecular formula is C21H23Cl2N3O4S. The molecule has 0 radical (unpaired) electrons. The van der Waals surface area contributed by atoms with Crippen molar-refractivity contribution in [1.82, 2.24) is 15.3 Å². The van der Waals surface area contributed by atoms with Gasteiger partial charge in [-0.2, -0.15) is 4.98 Å². The van der Waals surface area contributed by atoms with Crippen LogP contribution >= 0.6 is 23.2 Å². The normalized spacial score (nSPS) is 15.9. The van der Waals surface area contributed by atoms with Crippen molar-refractivity contribution in [2.24, 2.45) is 0 Å². The van der Waals surface area contributed by atoms with Crippen molar-refractivity contribution in [3.63, 3.8) is 0 Å². The fourth-order valence-corrected chi connectivity index (χ4v) is 4.31. The van der Waals surface area contributed by atoms with Crippen molar-refractivity contribution in [1.29, 1.82) is 0 Å². The molecule has 1 heterocycles. The number of benzene rings is 1. The van der Waals surface area contributed by atoms with Crippen LogP contribution in [-0.4, -0.2) is 36.6 Å². The monoisotopic (exact) mass is 483 g/mol. The lowest BCUT2D eigenvalue weighted by Gasteiger charge is -2.15. The molecule has 1 N–H and O–H groups in total. The van der Waals surface area contributed by atoms with E-state index >= 15 is 0 Å². The zero-order valence-corrected chi connectivity index (χ0v) is 19.5. The van der Waals surface area contributed by atoms with Gasteiger partial charge in [-0.25, -0.2) is 13.4 Å². The Balaban J connectivity index is 1.90. The Kier molecular flexibility index (Phi) is 7.56. The first kappa shape index (κ1) is 23.5. The van der Waals surface area contributed by atoms with Crippen molar-refractivity contribution in [2.45, 2.75) is 44.6 Å². The molecule has 7 nitrogen and oxygen atoms in total. The van der Waals surface area contributed by atoms with Gasteiger partial charge in [-0.05, 0) is 38.0 Å². The average Bonchev–Trinajstić information content (AvgIpc) is 3.19. The molecule has 2 aromatic rings. The lowest BCUT2D eigenvalue weighted by molar-refractivity contribution is 0.0943. The first-order chi connectivity index (χ1) is 14.6. The van der Waals surface area contributed by atoms with Crippen LogP contribution in [0.4, 0.5) is 0 Å². The SMILES string of the molecule is CC(/C=C/S(C)(=O)=O)NC(=O)c1cnc(C2CCCC2)nc1Oc1cc(Cl)cc(Cl)c1. The number of nitrogens with zero attached hydrogens (tertiary/aromatic N) is 2. The van der Waals surface area contributed by atoms with Crippen LogP contribution in [0.15, 0.2) is 35.9 Å². The average molecular weight is 484 g/mol. The van der Waals surface area contributed by atoms with Crippen LogP contribution in [0.5, 0.6) is 11.6 Å². The summed E-state index contributed by atoms with van der Waals surface area (Å²) in [5, 5.41) is 4.52. The lowest BCUT2D eigenvalue weighted by Crippen LogP contribution is -2.31. The summed E-state index contributed by atoms with van der Waals surface area (Å²) in [4.78, 5) is 21.8. The second-order valence-electron chi connectivity index (χ2n) is 7.56. The topological polar surface area (TPSA) is 98.2 Å². The van der Waals surface area contributed by atoms with E-state index in [-0.39, 0.29) is 17.4 Å². The molecule has 0 aliphatic heterocycles. The molecule has 1 aromatic carbocycles. The van der Waals surface area contributed by atoms with Gasteiger partial charge in [0.05, 0.1) is 0 Å². The number of rotatable bonds is 7. The maximum atomic E-state index is 12.9. The maximum Gasteiger partial charge on any atom is 0.258 e. The standard InChI is InChI=1S/C21H23Cl2N3O4S/c1-13(7-8-31(2,28)29)25-20(27)18-12-24-19(14-5-3-4-6-14)26-21(18)30-17-10-15(22)9-16(23)11-17/h7-14H,3-6H2,1-2H3,(H,25,27)/b8-7+. The number of hydrogen-bond donors (Lipinski definition) is 1. The molecule has 10 heteroatoms. The van der Waals surface area contributed by atoms with Gasteiger partial charge >= 0.3 is 0 Å². The van der Waals surface area contributed by atoms with Gasteiger partial charge in [0.2, 0.25) is 5.88 Å². The summed E-state index contributed by atoms with van der Waals surface area (Å²) < 4.78 is 28.5. The number of sulfone groups is 1. The maximum absolute atomic E-state index is 12.9. The van der Waals surface area contributed by atoms with Crippen LogP contribution in [0.3, 0.4) is 0 Å². The van der Waals surface area contributed by atoms with Gasteiger partial charge in [-0.3, -0.25) is 4.79 Å². The van der Waals surface area contributed by atoms with E-state index in [4.69, 9.17) is 27.9 Å². The Labute approximate surface area is 191 Å². The van der Waals surface area contributed by atoms with Gasteiger partial charge in [0.1, 0.15) is 17.1 Å². The molecule has 1 aromatic heterocycles. The van der Waals surface area contributed by atoms with Crippen LogP contribution in [0.25, 0.3) is 0 Å². The third-order valence-corrected chi connectivity index (χ3v) is 5.85. The fourth-order valence-electron chi connectivity index (χ4n) is 3.29. The Morgan fingerprint density at radius 1 is 1.23 bits per heavy atom. The van der Waals surface area contributed by atoms with Gasteiger partial charge in [0, 0.05) is 39.9 Å². The van der Waals surface area contributed by atoms with Crippen molar-refractivity contribution in [3.05, 3.63) is 57.3 Å². The van der Waals surface area contributed by atoms with E-state index in [0.29, 0.717) is 21.6 Å². The first-order valence-corrected chi connectivity index (χ1v) is 12.5. The Bertz CT molecular complexity index is 1080. The predicted octanol–water partition coefficient (Wildman–Crippen LogP) is 4.91. The first-order valence-electron chi connectivity index (χ1n) is 9.81. The van der Waals surface area contributed by atoms with Crippen molar-refractivity contribution in [2.75, 3.05) is 6.26 Å². The van der Waals surface area contributed by atoms with Crippen molar-refractivity contribution >= 4 is 38.9 Å². The van der Waals surface area contributed by atoms with E-state index < -0.39 is 21.8 Å². The van der Waals surface area contributed by atoms with Gasteiger partial charge < -0.3 is 10.1 Å². The molecule has 3 rings (SSSR count). The minimum absolute atomic E-state index is 0.0898. The van der Waals surface area contributed by atoms with Crippen LogP contribution < -0.4 is 10.1 Å². The van der Waals surface area contributed by atoms with Crippen molar-refractivity contribution in [3.8, 4) is 11.6 Å². The summed E-state index contributed by atoms with van der Waals surface area (Å²) in [5.41, 5.74) is 0.123. The molecule has 31 heavy (non-hydrogen) atoms. The minimum atomic E-state index is -3.30. The third kappa shape index (κ3) is 6.92. The quantitative estimate of drug-likeness (QED) is 0.600. The highest BCUT2D eigenvalue weighted by atomic mass is 35.5. The number of halogens is 2. The van der Waals surface area contributed by atoms with Crippen LogP contribution in [0, 0.1) is 0 Å². The van der Waals surface area contributed by atoms with Gasteiger partial charge in [-0.1, -0.05) is 42.1 Å². The van der Waals surface area contributed by atoms with Gasteiger partial charge in [-0.15, -0.1) is 0 Å². The highest BCUT2D eigenvalue weighted by molar-refractivity contribution is 7.93. The number of carbonyl (C=O) groups excluding carboxylic acids is 1. The molecule has 0 saturated heterocycles. The molecule has 1 aliphatic rings. The largest absolute Gasteiger partial charge is 0.438 e. The van der Waals surface area contributed by atoms with Crippen LogP contribution in [-0.2, 0) is 9.84 Å². The highest BCUT2D eigenvalue weighted by Gasteiger charge is 2.24. The van der Waals surface area contributed by atoms with Gasteiger partial charge in [0.25, 0.3) is 5.91 Å². The molecule has 1 saturated carbocycles. The predicted molar refractivity (Wildman–Crippen MR) is 121 cm³/mol. The summed E-state index contributed by atoms with van der Waals surface area (Å²) in [5.74, 6) is 0.785. The highest BCUT2D eigenvalue weighted by Crippen LogP contribution is 2.34. The number of hydrogen-bond acceptors (Lipinski definition) is 6. The molecule has 0 spiro atoms. The number of ether oxygens (including phenoxy) is 1. The number of nitrogens with one attached hydrogen (secondary N) is 1. The summed E-state index contributed by atoms with van der Waals surface area (Å²) in [6.07, 6.45) is 8.10. The van der Waals surface area contributed by atoms with E-state index in [1.807, 2.05) is 0 Å². The Morgan fingerprint density at radius 2 is 1.87 bits per heavy atom. The van der Waals surface area contributed by atoms with Crippen LogP contribution in [0.2, 0.25) is 10.0 Å². The number of amides is 1. The molecular weight excluding hydrogens is 461 g/mol. The molecule has 1 unspecified atom stereocenters.